The van der Waals surface area contributed by atoms with E-state index in [1.807, 2.05) is 0 Å². The van der Waals surface area contributed by atoms with Gasteiger partial charge in [0.1, 0.15) is 11.3 Å². The second kappa shape index (κ2) is 6.48. The van der Waals surface area contributed by atoms with Gasteiger partial charge in [-0.3, -0.25) is 0 Å². The highest BCUT2D eigenvalue weighted by Gasteiger charge is 2.21. The summed E-state index contributed by atoms with van der Waals surface area (Å²) in [5.74, 6) is 0.457. The Hall–Kier alpha value is -2.25. The number of fused-ring (bicyclic) bond motifs is 1. The van der Waals surface area contributed by atoms with Crippen molar-refractivity contribution < 1.29 is 17.2 Å². The normalized spacial score (nSPS) is 16.2. The van der Waals surface area contributed by atoms with Crippen LogP contribution in [0.3, 0.4) is 0 Å². The number of hydrogen-bond acceptors (Lipinski definition) is 5. The van der Waals surface area contributed by atoms with Gasteiger partial charge < -0.3 is 9.73 Å². The number of oxazole rings is 1. The molecule has 1 N–H and O–H groups in total. The number of aromatic nitrogens is 1. The van der Waals surface area contributed by atoms with Crippen LogP contribution < -0.4 is 5.32 Å². The first-order valence-electron chi connectivity index (χ1n) is 8.53. The highest BCUT2D eigenvalue weighted by molar-refractivity contribution is 7.90. The van der Waals surface area contributed by atoms with Gasteiger partial charge in [0.15, 0.2) is 21.3 Å². The third-order valence-corrected chi connectivity index (χ3v) is 5.88. The summed E-state index contributed by atoms with van der Waals surface area (Å²) < 4.78 is 43.5. The molecule has 0 bridgehead atoms. The number of halogens is 1. The third-order valence-electron chi connectivity index (χ3n) is 4.77. The van der Waals surface area contributed by atoms with Crippen molar-refractivity contribution in [2.75, 3.05) is 19.3 Å². The highest BCUT2D eigenvalue weighted by atomic mass is 32.2. The molecule has 0 saturated carbocycles. The van der Waals surface area contributed by atoms with Gasteiger partial charge in [-0.05, 0) is 55.8 Å². The zero-order valence-corrected chi connectivity index (χ0v) is 15.1. The molecule has 4 rings (SSSR count). The zero-order valence-electron chi connectivity index (χ0n) is 14.3. The van der Waals surface area contributed by atoms with Crippen LogP contribution in [0.1, 0.15) is 24.7 Å². The molecule has 26 heavy (non-hydrogen) atoms. The molecular weight excluding hydrogens is 355 g/mol. The van der Waals surface area contributed by atoms with Gasteiger partial charge in [0.05, 0.1) is 4.90 Å². The lowest BCUT2D eigenvalue weighted by Gasteiger charge is -2.19. The Balaban J connectivity index is 1.71. The number of piperidine rings is 1. The number of rotatable bonds is 3. The van der Waals surface area contributed by atoms with E-state index >= 15 is 0 Å². The average molecular weight is 374 g/mol. The number of nitrogens with one attached hydrogen (secondary N) is 1. The number of hydrogen-bond donors (Lipinski definition) is 1. The molecule has 1 aliphatic heterocycles. The van der Waals surface area contributed by atoms with Crippen LogP contribution in [0.25, 0.3) is 22.2 Å². The van der Waals surface area contributed by atoms with E-state index in [-0.39, 0.29) is 4.90 Å². The van der Waals surface area contributed by atoms with Gasteiger partial charge in [-0.15, -0.1) is 0 Å². The maximum absolute atomic E-state index is 14.4. The highest BCUT2D eigenvalue weighted by Crippen LogP contribution is 2.31. The third kappa shape index (κ3) is 3.24. The maximum atomic E-state index is 14.4. The number of nitrogens with zero attached hydrogens (tertiary/aromatic N) is 1. The molecule has 0 aliphatic carbocycles. The number of benzene rings is 2. The Morgan fingerprint density at radius 1 is 1.15 bits per heavy atom. The van der Waals surface area contributed by atoms with Gasteiger partial charge in [-0.25, -0.2) is 17.8 Å². The van der Waals surface area contributed by atoms with Crippen molar-refractivity contribution in [3.8, 4) is 11.1 Å². The van der Waals surface area contributed by atoms with Crippen molar-refractivity contribution in [1.82, 2.24) is 10.3 Å². The fourth-order valence-corrected chi connectivity index (χ4v) is 3.95. The molecule has 0 radical (unpaired) electrons. The molecule has 7 heteroatoms. The van der Waals surface area contributed by atoms with Crippen LogP contribution in [0.2, 0.25) is 0 Å². The van der Waals surface area contributed by atoms with Gasteiger partial charge in [0.25, 0.3) is 0 Å². The fourth-order valence-electron chi connectivity index (χ4n) is 3.32. The molecule has 5 nitrogen and oxygen atoms in total. The van der Waals surface area contributed by atoms with Crippen molar-refractivity contribution in [2.45, 2.75) is 23.7 Å². The monoisotopic (exact) mass is 374 g/mol. The SMILES string of the molecule is CS(=O)(=O)c1ccc(-c2ccc3oc(C4CCNCC4)nc3c2)c(F)c1. The van der Waals surface area contributed by atoms with E-state index in [2.05, 4.69) is 10.3 Å². The lowest BCUT2D eigenvalue weighted by molar-refractivity contribution is 0.385. The molecule has 0 amide bonds. The summed E-state index contributed by atoms with van der Waals surface area (Å²) in [5.41, 5.74) is 2.34. The summed E-state index contributed by atoms with van der Waals surface area (Å²) in [7, 11) is -3.44. The van der Waals surface area contributed by atoms with Crippen molar-refractivity contribution in [3.63, 3.8) is 0 Å². The first-order chi connectivity index (χ1) is 12.4. The molecule has 2 heterocycles. The second-order valence-corrected chi connectivity index (χ2v) is 8.69. The second-order valence-electron chi connectivity index (χ2n) is 6.67. The molecule has 1 aliphatic rings. The van der Waals surface area contributed by atoms with Crippen LogP contribution in [0.5, 0.6) is 0 Å². The molecule has 136 valence electrons. The summed E-state index contributed by atoms with van der Waals surface area (Å²) in [6, 6.07) is 9.28. The van der Waals surface area contributed by atoms with Crippen LogP contribution in [-0.4, -0.2) is 32.7 Å². The molecule has 3 aromatic rings. The number of sulfone groups is 1. The smallest absolute Gasteiger partial charge is 0.198 e. The molecular formula is C19H19FN2O3S. The van der Waals surface area contributed by atoms with Gasteiger partial charge >= 0.3 is 0 Å². The summed E-state index contributed by atoms with van der Waals surface area (Å²) in [6.07, 6.45) is 3.04. The van der Waals surface area contributed by atoms with Gasteiger partial charge in [0.2, 0.25) is 0 Å². The Morgan fingerprint density at radius 2 is 1.92 bits per heavy atom. The maximum Gasteiger partial charge on any atom is 0.198 e. The van der Waals surface area contributed by atoms with E-state index in [0.29, 0.717) is 28.1 Å². The van der Waals surface area contributed by atoms with Crippen LogP contribution >= 0.6 is 0 Å². The van der Waals surface area contributed by atoms with Crippen LogP contribution in [0.4, 0.5) is 4.39 Å². The Morgan fingerprint density at radius 3 is 2.62 bits per heavy atom. The average Bonchev–Trinajstić information content (AvgIpc) is 3.05. The quantitative estimate of drug-likeness (QED) is 0.760. The molecule has 2 aromatic carbocycles. The summed E-state index contributed by atoms with van der Waals surface area (Å²) in [6.45, 7) is 1.90. The molecule has 1 fully saturated rings. The Kier molecular flexibility index (Phi) is 4.28. The Bertz CT molecular complexity index is 1070. The first kappa shape index (κ1) is 17.2. The van der Waals surface area contributed by atoms with Gasteiger partial charge in [0, 0.05) is 17.7 Å². The van der Waals surface area contributed by atoms with E-state index < -0.39 is 15.7 Å². The summed E-state index contributed by atoms with van der Waals surface area (Å²) >= 11 is 0. The lowest BCUT2D eigenvalue weighted by atomic mass is 9.98. The van der Waals surface area contributed by atoms with Crippen molar-refractivity contribution >= 4 is 20.9 Å². The van der Waals surface area contributed by atoms with Gasteiger partial charge in [-0.2, -0.15) is 0 Å². The first-order valence-corrected chi connectivity index (χ1v) is 10.4. The van der Waals surface area contributed by atoms with E-state index in [1.165, 1.54) is 12.1 Å². The van der Waals surface area contributed by atoms with Crippen LogP contribution in [0.15, 0.2) is 45.7 Å². The predicted octanol–water partition coefficient (Wildman–Crippen LogP) is 3.50. The molecule has 0 atom stereocenters. The van der Waals surface area contributed by atoms with Crippen molar-refractivity contribution in [3.05, 3.63) is 48.1 Å². The van der Waals surface area contributed by atoms with E-state index in [9.17, 15) is 12.8 Å². The van der Waals surface area contributed by atoms with Crippen LogP contribution in [-0.2, 0) is 9.84 Å². The van der Waals surface area contributed by atoms with E-state index in [1.54, 1.807) is 18.2 Å². The minimum Gasteiger partial charge on any atom is -0.440 e. The molecule has 0 spiro atoms. The van der Waals surface area contributed by atoms with Crippen molar-refractivity contribution in [2.24, 2.45) is 0 Å². The zero-order chi connectivity index (χ0) is 18.3. The van der Waals surface area contributed by atoms with E-state index in [0.717, 1.165) is 44.1 Å². The van der Waals surface area contributed by atoms with Crippen LogP contribution in [0, 0.1) is 5.82 Å². The Labute approximate surface area is 151 Å². The topological polar surface area (TPSA) is 72.2 Å². The lowest BCUT2D eigenvalue weighted by Crippen LogP contribution is -2.26. The molecule has 0 unspecified atom stereocenters. The van der Waals surface area contributed by atoms with Crippen molar-refractivity contribution in [1.29, 1.82) is 0 Å². The standard InChI is InChI=1S/C19H19FN2O3S/c1-26(23,24)14-3-4-15(16(20)11-14)13-2-5-18-17(10-13)22-19(25-18)12-6-8-21-9-7-12/h2-5,10-12,21H,6-9H2,1H3. The fraction of sp³-hybridized carbons (Fsp3) is 0.316. The molecule has 1 aromatic heterocycles. The summed E-state index contributed by atoms with van der Waals surface area (Å²) in [5, 5.41) is 3.32. The minimum absolute atomic E-state index is 0.0329. The molecule has 1 saturated heterocycles. The minimum atomic E-state index is -3.44. The van der Waals surface area contributed by atoms with Gasteiger partial charge in [-0.1, -0.05) is 12.1 Å². The largest absolute Gasteiger partial charge is 0.440 e. The van der Waals surface area contributed by atoms with E-state index in [4.69, 9.17) is 4.42 Å². The summed E-state index contributed by atoms with van der Waals surface area (Å²) in [4.78, 5) is 4.56. The predicted molar refractivity (Wildman–Crippen MR) is 97.4 cm³/mol.